The number of hydrogen-bond donors (Lipinski definition) is 2. The summed E-state index contributed by atoms with van der Waals surface area (Å²) in [5.41, 5.74) is 10.8. The van der Waals surface area contributed by atoms with Crippen molar-refractivity contribution in [1.29, 1.82) is 0 Å². The van der Waals surface area contributed by atoms with Gasteiger partial charge in [0, 0.05) is 22.9 Å². The van der Waals surface area contributed by atoms with Crippen LogP contribution in [0.25, 0.3) is 11.3 Å². The molecule has 2 aromatic carbocycles. The lowest BCUT2D eigenvalue weighted by molar-refractivity contribution is -0.385. The second-order valence-electron chi connectivity index (χ2n) is 20.7. The minimum atomic E-state index is -0.710. The highest BCUT2D eigenvalue weighted by molar-refractivity contribution is 14.2. The first-order valence-corrected chi connectivity index (χ1v) is 30.7. The van der Waals surface area contributed by atoms with Crippen molar-refractivity contribution < 1.29 is 23.9 Å². The summed E-state index contributed by atoms with van der Waals surface area (Å²) in [4.78, 5) is 45.0. The molecule has 4 aromatic heterocycles. The highest BCUT2D eigenvalue weighted by atomic mass is 127. The number of nitro groups is 1. The van der Waals surface area contributed by atoms with Crippen LogP contribution in [0.5, 0.6) is 12.0 Å². The Kier molecular flexibility index (Phi) is 24.7. The minimum Gasteiger partial charge on any atom is -0.460 e. The number of benzene rings is 2. The minimum absolute atomic E-state index is 0.0524. The third-order valence-corrected chi connectivity index (χ3v) is 15.5. The predicted octanol–water partition coefficient (Wildman–Crippen LogP) is 15.5. The van der Waals surface area contributed by atoms with E-state index in [-0.39, 0.29) is 52.7 Å². The standard InChI is InChI=1S/C27H38N6O3.C22H28N6O3.C3H6I2.C3H7I/c1-17(2)21-16-29-33-23(21)30-24(35-19-12-8-7-9-13-19)31-25(33)32(26(34)36-27(4,5)6)18(3)20-14-10-11-15-22(20)28;1-14(2)18-13-23-27-20(18)25-22(31-16-9-5-4-6-10-16)26-21(27)24-15(3)17-11-7-8-12-19(17)28(29)30;1-2-3(4)5;1-2-3-4/h10-11,14-19H,7-9,12-13,28H2,1-6H3;7-8,11-16H,4-6,9-10H2,1-3H3,(H,24,25,26);3H,2H2,1H3;2-3H2,1H3/t18-;15-;;/m00../s1. The van der Waals surface area contributed by atoms with Gasteiger partial charge in [-0.2, -0.15) is 39.2 Å². The fourth-order valence-electron chi connectivity index (χ4n) is 8.62. The van der Waals surface area contributed by atoms with Crippen molar-refractivity contribution in [3.8, 4) is 12.0 Å². The van der Waals surface area contributed by atoms with Gasteiger partial charge in [0.05, 0.1) is 36.9 Å². The number of nitrogens with two attached hydrogens (primary N) is 1. The number of carbonyl (C=O) groups excluding carboxylic acids is 1. The van der Waals surface area contributed by atoms with Crippen molar-refractivity contribution in [2.75, 3.05) is 20.4 Å². The molecule has 21 heteroatoms. The highest BCUT2D eigenvalue weighted by Gasteiger charge is 2.34. The number of rotatable bonds is 15. The molecule has 6 aromatic rings. The lowest BCUT2D eigenvalue weighted by Gasteiger charge is -2.32. The van der Waals surface area contributed by atoms with Crippen LogP contribution in [0.3, 0.4) is 0 Å². The fourth-order valence-corrected chi connectivity index (χ4v) is 8.62. The zero-order chi connectivity index (χ0) is 55.7. The maximum atomic E-state index is 13.7. The number of para-hydroxylation sites is 2. The molecule has 3 N–H and O–H groups in total. The van der Waals surface area contributed by atoms with Crippen LogP contribution in [0.4, 0.5) is 28.1 Å². The monoisotopic (exact) mass is 1380 g/mol. The second-order valence-corrected chi connectivity index (χ2v) is 27.2. The number of amides is 1. The molecule has 0 unspecified atom stereocenters. The van der Waals surface area contributed by atoms with Crippen molar-refractivity contribution in [1.82, 2.24) is 39.2 Å². The molecule has 2 aliphatic carbocycles. The predicted molar refractivity (Wildman–Crippen MR) is 329 cm³/mol. The number of fused-ring (bicyclic) bond motifs is 2. The number of halogens is 3. The van der Waals surface area contributed by atoms with E-state index >= 15 is 0 Å². The summed E-state index contributed by atoms with van der Waals surface area (Å²) in [5.74, 6) is 1.14. The van der Waals surface area contributed by atoms with Gasteiger partial charge in [-0.05, 0) is 127 Å². The first kappa shape index (κ1) is 62.4. The van der Waals surface area contributed by atoms with Gasteiger partial charge in [-0.25, -0.2) is 9.69 Å². The van der Waals surface area contributed by atoms with E-state index in [9.17, 15) is 14.9 Å². The molecular weight excluding hydrogens is 1310 g/mol. The second kappa shape index (κ2) is 30.1. The number of nitrogens with zero attached hydrogens (tertiary/aromatic N) is 10. The first-order chi connectivity index (χ1) is 36.2. The van der Waals surface area contributed by atoms with Crippen LogP contribution < -0.4 is 25.4 Å². The van der Waals surface area contributed by atoms with Crippen LogP contribution in [0, 0.1) is 10.1 Å². The molecule has 0 spiro atoms. The molecule has 1 amide bonds. The Bertz CT molecular complexity index is 2770. The van der Waals surface area contributed by atoms with Crippen molar-refractivity contribution in [2.24, 2.45) is 0 Å². The first-order valence-electron chi connectivity index (χ1n) is 26.7. The van der Waals surface area contributed by atoms with Crippen LogP contribution >= 0.6 is 67.8 Å². The van der Waals surface area contributed by atoms with Gasteiger partial charge in [0.2, 0.25) is 11.9 Å². The Morgan fingerprint density at radius 1 is 0.763 bits per heavy atom. The molecule has 0 aliphatic heterocycles. The van der Waals surface area contributed by atoms with Crippen molar-refractivity contribution >= 4 is 108 Å². The molecule has 2 atom stereocenters. The van der Waals surface area contributed by atoms with E-state index in [1.165, 1.54) is 41.1 Å². The van der Waals surface area contributed by atoms with Crippen molar-refractivity contribution in [3.05, 3.63) is 93.3 Å². The van der Waals surface area contributed by atoms with Gasteiger partial charge in [-0.15, -0.1) is 0 Å². The number of nitrogens with one attached hydrogen (secondary N) is 1. The summed E-state index contributed by atoms with van der Waals surface area (Å²) in [6, 6.07) is 13.9. The maximum absolute atomic E-state index is 13.7. The summed E-state index contributed by atoms with van der Waals surface area (Å²) in [6.45, 7) is 22.0. The van der Waals surface area contributed by atoms with E-state index in [4.69, 9.17) is 29.9 Å². The van der Waals surface area contributed by atoms with Gasteiger partial charge >= 0.3 is 18.1 Å². The quantitative estimate of drug-likeness (QED) is 0.0322. The largest absolute Gasteiger partial charge is 0.460 e. The molecule has 2 saturated carbocycles. The Morgan fingerprint density at radius 2 is 1.24 bits per heavy atom. The van der Waals surface area contributed by atoms with Crippen LogP contribution in [0.2, 0.25) is 0 Å². The third kappa shape index (κ3) is 17.8. The fraction of sp³-hybridized carbons (Fsp3) is 0.582. The van der Waals surface area contributed by atoms with E-state index in [1.54, 1.807) is 39.6 Å². The Labute approximate surface area is 490 Å². The van der Waals surface area contributed by atoms with Crippen LogP contribution in [-0.4, -0.2) is 74.3 Å². The Morgan fingerprint density at radius 3 is 1.71 bits per heavy atom. The molecule has 0 bridgehead atoms. The summed E-state index contributed by atoms with van der Waals surface area (Å²) in [7, 11) is 0. The molecule has 76 heavy (non-hydrogen) atoms. The normalized spacial score (nSPS) is 15.0. The smallest absolute Gasteiger partial charge is 0.417 e. The Hall–Kier alpha value is -4.40. The molecule has 18 nitrogen and oxygen atoms in total. The topological polar surface area (TPSA) is 215 Å². The number of nitrogen functional groups attached to an aromatic ring is 1. The molecular formula is C55H79I3N12O6. The van der Waals surface area contributed by atoms with E-state index < -0.39 is 17.7 Å². The number of carbonyl (C=O) groups is 1. The van der Waals surface area contributed by atoms with Gasteiger partial charge in [-0.3, -0.25) is 10.1 Å². The molecule has 0 radical (unpaired) electrons. The van der Waals surface area contributed by atoms with Crippen molar-refractivity contribution in [3.63, 3.8) is 0 Å². The van der Waals surface area contributed by atoms with E-state index in [0.29, 0.717) is 34.5 Å². The van der Waals surface area contributed by atoms with Crippen LogP contribution in [-0.2, 0) is 4.74 Å². The van der Waals surface area contributed by atoms with Crippen LogP contribution in [0.15, 0.2) is 60.9 Å². The highest BCUT2D eigenvalue weighted by Crippen LogP contribution is 2.35. The molecule has 2 fully saturated rings. The van der Waals surface area contributed by atoms with E-state index in [2.05, 4.69) is 135 Å². The molecule has 4 heterocycles. The molecule has 2 aliphatic rings. The summed E-state index contributed by atoms with van der Waals surface area (Å²) >= 11 is 7.14. The number of ether oxygens (including phenoxy) is 3. The average Bonchev–Trinajstić information content (AvgIpc) is 4.03. The van der Waals surface area contributed by atoms with Crippen molar-refractivity contribution in [2.45, 2.75) is 197 Å². The van der Waals surface area contributed by atoms with Gasteiger partial charge in [0.15, 0.2) is 11.3 Å². The van der Waals surface area contributed by atoms with Crippen LogP contribution in [0.1, 0.15) is 199 Å². The number of anilines is 3. The maximum Gasteiger partial charge on any atom is 0.417 e. The zero-order valence-corrected chi connectivity index (χ0v) is 52.6. The van der Waals surface area contributed by atoms with Gasteiger partial charge in [-0.1, -0.05) is 159 Å². The van der Waals surface area contributed by atoms with Gasteiger partial charge in [0.1, 0.15) is 17.8 Å². The van der Waals surface area contributed by atoms with E-state index in [1.807, 2.05) is 58.9 Å². The average molecular weight is 1390 g/mol. The number of nitro benzene ring substituents is 1. The van der Waals surface area contributed by atoms with E-state index in [0.717, 1.165) is 70.0 Å². The number of alkyl halides is 3. The van der Waals surface area contributed by atoms with Gasteiger partial charge in [0.25, 0.3) is 5.69 Å². The number of aromatic nitrogens is 8. The third-order valence-electron chi connectivity index (χ3n) is 12.7. The molecule has 8 rings (SSSR count). The summed E-state index contributed by atoms with van der Waals surface area (Å²) < 4.78 is 23.6. The molecule has 416 valence electrons. The lowest BCUT2D eigenvalue weighted by Crippen LogP contribution is -2.40. The SMILES string of the molecule is CC(C)c1cnn2c(N(C(=O)OC(C)(C)C)[C@@H](C)c3ccccc3N)nc(OC3CCCCC3)nc12.CC(C)c1cnn2c(N[C@@H](C)c3ccccc3[N+](=O)[O-])nc(OC3CCCCC3)nc12.CCC(I)I.CCCI. The Balaban J connectivity index is 0.000000244. The number of hydrogen-bond acceptors (Lipinski definition) is 14. The lowest BCUT2D eigenvalue weighted by atomic mass is 9.98. The van der Waals surface area contributed by atoms with Gasteiger partial charge < -0.3 is 25.3 Å². The summed E-state index contributed by atoms with van der Waals surface area (Å²) in [5, 5.41) is 23.8. The molecule has 0 saturated heterocycles. The zero-order valence-electron chi connectivity index (χ0n) is 46.1. The summed E-state index contributed by atoms with van der Waals surface area (Å²) in [6.07, 6.45) is 16.7.